The molecule has 4 rings (SSSR count). The number of nitrogens with zero attached hydrogens (tertiary/aromatic N) is 1. The van der Waals surface area contributed by atoms with Crippen molar-refractivity contribution in [3.63, 3.8) is 0 Å². The third kappa shape index (κ3) is 5.02. The van der Waals surface area contributed by atoms with Crippen LogP contribution in [0.15, 0.2) is 24.3 Å². The number of hydrogen-bond donors (Lipinski definition) is 2. The van der Waals surface area contributed by atoms with Crippen molar-refractivity contribution >= 4 is 11.8 Å². The molecular formula is C22H33N3O4. The van der Waals surface area contributed by atoms with E-state index in [0.717, 1.165) is 19.4 Å². The summed E-state index contributed by atoms with van der Waals surface area (Å²) in [5.41, 5.74) is 2.40. The second-order valence-electron chi connectivity index (χ2n) is 8.57. The Hall–Kier alpha value is -1.83. The zero-order chi connectivity index (χ0) is 20.2. The van der Waals surface area contributed by atoms with Gasteiger partial charge in [-0.15, -0.1) is 0 Å². The minimum absolute atomic E-state index is 0.0801. The number of carbonyl (C=O) groups is 1. The number of carbonyl (C=O) groups excluding carboxylic acids is 1. The van der Waals surface area contributed by atoms with Crippen LogP contribution in [-0.4, -0.2) is 63.8 Å². The molecule has 0 aromatic heterocycles. The van der Waals surface area contributed by atoms with Gasteiger partial charge < -0.3 is 29.7 Å². The number of nitrogens with one attached hydrogen (secondary N) is 2. The average molecular weight is 404 g/mol. The Balaban J connectivity index is 1.23. The third-order valence-electron chi connectivity index (χ3n) is 6.21. The van der Waals surface area contributed by atoms with Crippen LogP contribution >= 0.6 is 0 Å². The third-order valence-corrected chi connectivity index (χ3v) is 6.21. The molecule has 1 aromatic carbocycles. The molecule has 7 heteroatoms. The molecule has 1 amide bonds. The number of benzene rings is 1. The van der Waals surface area contributed by atoms with E-state index < -0.39 is 0 Å². The molecular weight excluding hydrogens is 370 g/mol. The van der Waals surface area contributed by atoms with E-state index in [1.165, 1.54) is 30.5 Å². The summed E-state index contributed by atoms with van der Waals surface area (Å²) in [6.07, 6.45) is 4.74. The lowest BCUT2D eigenvalue weighted by atomic mass is 9.96. The normalized spacial score (nSPS) is 29.4. The molecule has 1 aromatic rings. The first kappa shape index (κ1) is 20.4. The fourth-order valence-electron chi connectivity index (χ4n) is 4.49. The number of anilines is 1. The molecule has 2 N–H and O–H groups in total. The maximum Gasteiger partial charge on any atom is 0.407 e. The van der Waals surface area contributed by atoms with Crippen molar-refractivity contribution in [2.75, 3.05) is 32.2 Å². The molecule has 7 nitrogen and oxygen atoms in total. The lowest BCUT2D eigenvalue weighted by molar-refractivity contribution is 0.00252. The first-order valence-corrected chi connectivity index (χ1v) is 10.8. The van der Waals surface area contributed by atoms with Crippen molar-refractivity contribution in [1.82, 2.24) is 10.6 Å². The quantitative estimate of drug-likeness (QED) is 0.760. The molecule has 1 saturated carbocycles. The van der Waals surface area contributed by atoms with Crippen LogP contribution in [-0.2, 0) is 20.8 Å². The fourth-order valence-corrected chi connectivity index (χ4v) is 4.49. The van der Waals surface area contributed by atoms with Crippen molar-refractivity contribution in [3.05, 3.63) is 29.8 Å². The van der Waals surface area contributed by atoms with Gasteiger partial charge in [0.25, 0.3) is 0 Å². The van der Waals surface area contributed by atoms with Crippen molar-refractivity contribution in [2.45, 2.75) is 69.0 Å². The number of fused-ring (bicyclic) bond motifs is 1. The van der Waals surface area contributed by atoms with Crippen LogP contribution < -0.4 is 15.5 Å². The molecule has 29 heavy (non-hydrogen) atoms. The maximum absolute atomic E-state index is 12.3. The van der Waals surface area contributed by atoms with Crippen LogP contribution in [0, 0.1) is 0 Å². The Morgan fingerprint density at radius 3 is 2.52 bits per heavy atom. The second-order valence-corrected chi connectivity index (χ2v) is 8.57. The summed E-state index contributed by atoms with van der Waals surface area (Å²) in [5, 5.41) is 6.54. The van der Waals surface area contributed by atoms with Gasteiger partial charge in [-0.05, 0) is 30.5 Å². The molecule has 4 atom stereocenters. The van der Waals surface area contributed by atoms with Crippen LogP contribution in [0.5, 0.6) is 0 Å². The summed E-state index contributed by atoms with van der Waals surface area (Å²) >= 11 is 0. The van der Waals surface area contributed by atoms with Gasteiger partial charge in [0.15, 0.2) is 6.10 Å². The number of hydrogen-bond acceptors (Lipinski definition) is 6. The summed E-state index contributed by atoms with van der Waals surface area (Å²) in [6, 6.07) is 8.84. The van der Waals surface area contributed by atoms with Gasteiger partial charge in [0.1, 0.15) is 12.2 Å². The van der Waals surface area contributed by atoms with E-state index in [4.69, 9.17) is 14.2 Å². The van der Waals surface area contributed by atoms with E-state index in [9.17, 15) is 4.79 Å². The van der Waals surface area contributed by atoms with Crippen molar-refractivity contribution in [1.29, 1.82) is 0 Å². The lowest BCUT2D eigenvalue weighted by Gasteiger charge is -2.24. The van der Waals surface area contributed by atoms with Gasteiger partial charge in [-0.3, -0.25) is 0 Å². The standard InChI is InChI=1S/C22H33N3O4/c1-25(2)17-10-8-15(9-11-17)12-23-18-13-27-21-19(14-28-20(18)21)29-22(26)24-16-6-4-3-5-7-16/h8-11,16,18-21,23H,3-7,12-14H2,1-2H3,(H,24,26). The molecule has 1 aliphatic carbocycles. The minimum atomic E-state index is -0.341. The van der Waals surface area contributed by atoms with Gasteiger partial charge >= 0.3 is 6.09 Å². The molecule has 0 radical (unpaired) electrons. The van der Waals surface area contributed by atoms with Crippen molar-refractivity contribution in [2.24, 2.45) is 0 Å². The highest BCUT2D eigenvalue weighted by Crippen LogP contribution is 2.29. The maximum atomic E-state index is 12.3. The van der Waals surface area contributed by atoms with Crippen LogP contribution in [0.4, 0.5) is 10.5 Å². The smallest absolute Gasteiger partial charge is 0.407 e. The van der Waals surface area contributed by atoms with E-state index in [0.29, 0.717) is 13.2 Å². The summed E-state index contributed by atoms with van der Waals surface area (Å²) in [5.74, 6) is 0. The monoisotopic (exact) mass is 403 g/mol. The Morgan fingerprint density at radius 1 is 1.07 bits per heavy atom. The molecule has 2 saturated heterocycles. The van der Waals surface area contributed by atoms with E-state index in [-0.39, 0.29) is 36.5 Å². The van der Waals surface area contributed by atoms with Crippen LogP contribution in [0.3, 0.4) is 0 Å². The Labute approximate surface area is 173 Å². The largest absolute Gasteiger partial charge is 0.441 e. The summed E-state index contributed by atoms with van der Waals surface area (Å²) in [6.45, 7) is 1.71. The predicted octanol–water partition coefficient (Wildman–Crippen LogP) is 2.44. The highest BCUT2D eigenvalue weighted by atomic mass is 16.6. The average Bonchev–Trinajstić information content (AvgIpc) is 3.30. The van der Waals surface area contributed by atoms with Crippen molar-refractivity contribution < 1.29 is 19.0 Å². The zero-order valence-electron chi connectivity index (χ0n) is 17.4. The lowest BCUT2D eigenvalue weighted by Crippen LogP contribution is -2.43. The van der Waals surface area contributed by atoms with Crippen LogP contribution in [0.2, 0.25) is 0 Å². The summed E-state index contributed by atoms with van der Waals surface area (Å²) in [7, 11) is 4.07. The Bertz CT molecular complexity index is 675. The molecule has 2 aliphatic heterocycles. The van der Waals surface area contributed by atoms with Crippen molar-refractivity contribution in [3.8, 4) is 0 Å². The molecule has 0 bridgehead atoms. The van der Waals surface area contributed by atoms with E-state index in [1.54, 1.807) is 0 Å². The van der Waals surface area contributed by atoms with Gasteiger partial charge in [-0.1, -0.05) is 31.4 Å². The van der Waals surface area contributed by atoms with Gasteiger partial charge in [0, 0.05) is 32.4 Å². The molecule has 3 aliphatic rings. The molecule has 0 spiro atoms. The zero-order valence-corrected chi connectivity index (χ0v) is 17.4. The van der Waals surface area contributed by atoms with Crippen LogP contribution in [0.25, 0.3) is 0 Å². The first-order chi connectivity index (χ1) is 14.1. The summed E-state index contributed by atoms with van der Waals surface area (Å²) in [4.78, 5) is 14.3. The molecule has 3 fully saturated rings. The topological polar surface area (TPSA) is 72.1 Å². The predicted molar refractivity (Wildman–Crippen MR) is 111 cm³/mol. The Kier molecular flexibility index (Phi) is 6.57. The molecule has 4 unspecified atom stereocenters. The van der Waals surface area contributed by atoms with E-state index >= 15 is 0 Å². The highest BCUT2D eigenvalue weighted by molar-refractivity contribution is 5.68. The van der Waals surface area contributed by atoms with Gasteiger partial charge in [0.2, 0.25) is 0 Å². The second kappa shape index (κ2) is 9.32. The number of rotatable bonds is 6. The Morgan fingerprint density at radius 2 is 1.79 bits per heavy atom. The van der Waals surface area contributed by atoms with E-state index in [2.05, 4.69) is 39.8 Å². The molecule has 160 valence electrons. The fraction of sp³-hybridized carbons (Fsp3) is 0.682. The van der Waals surface area contributed by atoms with Gasteiger partial charge in [-0.25, -0.2) is 4.79 Å². The number of alkyl carbamates (subject to hydrolysis) is 1. The molecule has 2 heterocycles. The minimum Gasteiger partial charge on any atom is -0.441 e. The SMILES string of the molecule is CN(C)c1ccc(CNC2COC3C(OC(=O)NC4CCCCC4)COC23)cc1. The number of amides is 1. The number of ether oxygens (including phenoxy) is 3. The van der Waals surface area contributed by atoms with E-state index in [1.807, 2.05) is 14.1 Å². The first-order valence-electron chi connectivity index (χ1n) is 10.8. The summed E-state index contributed by atoms with van der Waals surface area (Å²) < 4.78 is 17.5. The van der Waals surface area contributed by atoms with Gasteiger partial charge in [-0.2, -0.15) is 0 Å². The van der Waals surface area contributed by atoms with Gasteiger partial charge in [0.05, 0.1) is 19.3 Å². The highest BCUT2D eigenvalue weighted by Gasteiger charge is 2.49. The van der Waals surface area contributed by atoms with Crippen LogP contribution in [0.1, 0.15) is 37.7 Å².